The van der Waals surface area contributed by atoms with Crippen molar-refractivity contribution < 1.29 is 0 Å². The highest BCUT2D eigenvalue weighted by atomic mass is 28.3. The Labute approximate surface area is 158 Å². The Morgan fingerprint density at radius 2 is 1.38 bits per heavy atom. The average molecular weight is 358 g/mol. The van der Waals surface area contributed by atoms with E-state index in [1.807, 2.05) is 6.20 Å². The van der Waals surface area contributed by atoms with Crippen LogP contribution < -0.4 is 10.4 Å². The topological polar surface area (TPSA) is 12.9 Å². The fraction of sp³-hybridized carbons (Fsp3) is 0.208. The Kier molecular flexibility index (Phi) is 5.24. The number of benzene rings is 2. The zero-order valence-electron chi connectivity index (χ0n) is 15.9. The molecule has 0 aliphatic rings. The van der Waals surface area contributed by atoms with Crippen molar-refractivity contribution in [1.82, 2.24) is 4.98 Å². The second-order valence-corrected chi connectivity index (χ2v) is 12.7. The summed E-state index contributed by atoms with van der Waals surface area (Å²) in [5, 5.41) is 3.12. The number of aromatic nitrogens is 1. The molecule has 2 heteroatoms. The molecule has 0 atom stereocenters. The van der Waals surface area contributed by atoms with Crippen molar-refractivity contribution >= 4 is 24.5 Å². The van der Waals surface area contributed by atoms with E-state index in [4.69, 9.17) is 0 Å². The van der Waals surface area contributed by atoms with Crippen LogP contribution in [0.4, 0.5) is 0 Å². The highest BCUT2D eigenvalue weighted by Gasteiger charge is 2.47. The molecule has 0 saturated heterocycles. The third-order valence-corrected chi connectivity index (χ3v) is 11.5. The van der Waals surface area contributed by atoms with Crippen LogP contribution in [0.25, 0.3) is 6.08 Å². The van der Waals surface area contributed by atoms with Gasteiger partial charge < -0.3 is 0 Å². The first-order chi connectivity index (χ1) is 12.5. The van der Waals surface area contributed by atoms with E-state index in [2.05, 4.69) is 105 Å². The SMILES string of the molecule is C=Cc1ccc(C[Si](c2ccccc2)(c2ccccc2)C(C)(C)C)cn1. The predicted octanol–water partition coefficient (Wildman–Crippen LogP) is 4.87. The van der Waals surface area contributed by atoms with Gasteiger partial charge in [-0.25, -0.2) is 0 Å². The van der Waals surface area contributed by atoms with Crippen molar-refractivity contribution in [3.8, 4) is 0 Å². The Balaban J connectivity index is 2.21. The molecule has 1 aromatic heterocycles. The van der Waals surface area contributed by atoms with E-state index in [9.17, 15) is 0 Å². The Morgan fingerprint density at radius 1 is 0.846 bits per heavy atom. The molecule has 3 rings (SSSR count). The maximum Gasteiger partial charge on any atom is 0.127 e. The van der Waals surface area contributed by atoms with E-state index < -0.39 is 8.07 Å². The summed E-state index contributed by atoms with van der Waals surface area (Å²) in [6.45, 7) is 11.0. The van der Waals surface area contributed by atoms with Gasteiger partial charge in [0.25, 0.3) is 0 Å². The van der Waals surface area contributed by atoms with Crippen molar-refractivity contribution in [2.24, 2.45) is 0 Å². The Hall–Kier alpha value is -2.45. The van der Waals surface area contributed by atoms with Gasteiger partial charge >= 0.3 is 0 Å². The molecule has 0 saturated carbocycles. The summed E-state index contributed by atoms with van der Waals surface area (Å²) < 4.78 is 0. The van der Waals surface area contributed by atoms with Crippen LogP contribution in [0.5, 0.6) is 0 Å². The normalized spacial score (nSPS) is 12.0. The fourth-order valence-corrected chi connectivity index (χ4v) is 9.26. The average Bonchev–Trinajstić information content (AvgIpc) is 2.67. The first-order valence-electron chi connectivity index (χ1n) is 9.16. The maximum atomic E-state index is 4.55. The smallest absolute Gasteiger partial charge is 0.127 e. The van der Waals surface area contributed by atoms with Crippen LogP contribution >= 0.6 is 0 Å². The predicted molar refractivity (Wildman–Crippen MR) is 116 cm³/mol. The molecule has 132 valence electrons. The molecular weight excluding hydrogens is 330 g/mol. The van der Waals surface area contributed by atoms with Crippen LogP contribution in [0.2, 0.25) is 5.04 Å². The summed E-state index contributed by atoms with van der Waals surface area (Å²) in [6.07, 6.45) is 3.82. The van der Waals surface area contributed by atoms with Crippen LogP contribution in [-0.4, -0.2) is 13.1 Å². The molecule has 0 aliphatic carbocycles. The molecule has 0 spiro atoms. The summed E-state index contributed by atoms with van der Waals surface area (Å²) >= 11 is 0. The van der Waals surface area contributed by atoms with Gasteiger partial charge in [0.15, 0.2) is 0 Å². The van der Waals surface area contributed by atoms with E-state index in [0.717, 1.165) is 11.7 Å². The lowest BCUT2D eigenvalue weighted by atomic mass is 10.2. The van der Waals surface area contributed by atoms with Gasteiger partial charge in [-0.2, -0.15) is 0 Å². The second kappa shape index (κ2) is 7.43. The van der Waals surface area contributed by atoms with Crippen molar-refractivity contribution in [3.63, 3.8) is 0 Å². The first-order valence-corrected chi connectivity index (χ1v) is 11.4. The monoisotopic (exact) mass is 357 g/mol. The van der Waals surface area contributed by atoms with Gasteiger partial charge in [-0.1, -0.05) is 104 Å². The molecule has 0 radical (unpaired) electrons. The Morgan fingerprint density at radius 3 is 1.77 bits per heavy atom. The van der Waals surface area contributed by atoms with E-state index in [1.54, 1.807) is 6.08 Å². The third-order valence-electron chi connectivity index (χ3n) is 5.34. The summed E-state index contributed by atoms with van der Waals surface area (Å²) in [4.78, 5) is 4.55. The molecule has 26 heavy (non-hydrogen) atoms. The van der Waals surface area contributed by atoms with Crippen molar-refractivity contribution in [1.29, 1.82) is 0 Å². The molecule has 1 nitrogen and oxygen atoms in total. The number of hydrogen-bond acceptors (Lipinski definition) is 1. The summed E-state index contributed by atoms with van der Waals surface area (Å²) in [5.41, 5.74) is 2.22. The molecule has 0 amide bonds. The maximum absolute atomic E-state index is 4.55. The van der Waals surface area contributed by atoms with Gasteiger partial charge in [0.05, 0.1) is 5.69 Å². The van der Waals surface area contributed by atoms with Crippen LogP contribution in [0.1, 0.15) is 32.0 Å². The van der Waals surface area contributed by atoms with Crippen LogP contribution in [0.15, 0.2) is 85.6 Å². The molecule has 1 heterocycles. The standard InChI is InChI=1S/C24H27NSi/c1-5-21-17-16-20(18-25-21)19-26(24(2,3)4,22-12-8-6-9-13-22)23-14-10-7-11-15-23/h5-18H,1,19H2,2-4H3. The summed E-state index contributed by atoms with van der Waals surface area (Å²) in [6, 6.07) is 27.5. The molecule has 0 aliphatic heterocycles. The van der Waals surface area contributed by atoms with E-state index in [-0.39, 0.29) is 5.04 Å². The fourth-order valence-electron chi connectivity index (χ4n) is 3.91. The van der Waals surface area contributed by atoms with E-state index in [1.165, 1.54) is 15.9 Å². The highest BCUT2D eigenvalue weighted by Crippen LogP contribution is 2.38. The van der Waals surface area contributed by atoms with Crippen molar-refractivity contribution in [2.45, 2.75) is 31.9 Å². The van der Waals surface area contributed by atoms with Gasteiger partial charge in [0, 0.05) is 6.20 Å². The quantitative estimate of drug-likeness (QED) is 0.594. The van der Waals surface area contributed by atoms with Gasteiger partial charge in [-0.15, -0.1) is 0 Å². The number of hydrogen-bond donors (Lipinski definition) is 0. The number of nitrogens with zero attached hydrogens (tertiary/aromatic N) is 1. The van der Waals surface area contributed by atoms with Crippen LogP contribution in [0, 0.1) is 0 Å². The molecular formula is C24H27NSi. The van der Waals surface area contributed by atoms with Crippen LogP contribution in [-0.2, 0) is 6.04 Å². The largest absolute Gasteiger partial charge is 0.257 e. The third kappa shape index (κ3) is 3.42. The number of rotatable bonds is 5. The van der Waals surface area contributed by atoms with E-state index in [0.29, 0.717) is 0 Å². The van der Waals surface area contributed by atoms with Gasteiger partial charge in [0.1, 0.15) is 8.07 Å². The van der Waals surface area contributed by atoms with Crippen molar-refractivity contribution in [3.05, 3.63) is 96.8 Å². The minimum atomic E-state index is -2.08. The lowest BCUT2D eigenvalue weighted by Gasteiger charge is -2.44. The zero-order valence-corrected chi connectivity index (χ0v) is 16.9. The Bertz CT molecular complexity index is 807. The van der Waals surface area contributed by atoms with Crippen LogP contribution in [0.3, 0.4) is 0 Å². The molecule has 0 N–H and O–H groups in total. The number of pyridine rings is 1. The minimum Gasteiger partial charge on any atom is -0.257 e. The zero-order chi connectivity index (χ0) is 18.6. The van der Waals surface area contributed by atoms with E-state index >= 15 is 0 Å². The van der Waals surface area contributed by atoms with Crippen molar-refractivity contribution in [2.75, 3.05) is 0 Å². The lowest BCUT2D eigenvalue weighted by Crippen LogP contribution is -2.66. The molecule has 3 aromatic rings. The van der Waals surface area contributed by atoms with Gasteiger partial charge in [-0.05, 0) is 28.8 Å². The first kappa shape index (κ1) is 18.3. The lowest BCUT2D eigenvalue weighted by molar-refractivity contribution is 0.725. The summed E-state index contributed by atoms with van der Waals surface area (Å²) in [5.74, 6) is 0. The van der Waals surface area contributed by atoms with Gasteiger partial charge in [0.2, 0.25) is 0 Å². The summed E-state index contributed by atoms with van der Waals surface area (Å²) in [7, 11) is -2.08. The van der Waals surface area contributed by atoms with Gasteiger partial charge in [-0.3, -0.25) is 4.98 Å². The molecule has 0 unspecified atom stereocenters. The molecule has 0 fully saturated rings. The second-order valence-electron chi connectivity index (χ2n) is 7.86. The molecule has 2 aromatic carbocycles. The molecule has 0 bridgehead atoms. The highest BCUT2D eigenvalue weighted by molar-refractivity contribution is 7.03. The minimum absolute atomic E-state index is 0.160.